The van der Waals surface area contributed by atoms with Gasteiger partial charge in [-0.15, -0.1) is 23.1 Å². The first kappa shape index (κ1) is 23.4. The number of para-hydroxylation sites is 1. The number of fused-ring (bicyclic) bond motifs is 2. The largest absolute Gasteiger partial charge is 0.490 e. The maximum atomic E-state index is 12.8. The second-order valence-corrected chi connectivity index (χ2v) is 10.4. The highest BCUT2D eigenvalue weighted by atomic mass is 32.2. The number of furan rings is 1. The van der Waals surface area contributed by atoms with Crippen LogP contribution >= 0.6 is 23.1 Å². The number of rotatable bonds is 8. The lowest BCUT2D eigenvalue weighted by Crippen LogP contribution is -2.33. The van der Waals surface area contributed by atoms with Gasteiger partial charge in [0.25, 0.3) is 5.56 Å². The van der Waals surface area contributed by atoms with Crippen molar-refractivity contribution in [2.45, 2.75) is 51.7 Å². The third kappa shape index (κ3) is 4.79. The number of carbonyl (C=O) groups is 1. The molecule has 174 valence electrons. The first-order valence-corrected chi connectivity index (χ1v) is 12.7. The number of ether oxygens (including phenoxy) is 1. The fourth-order valence-corrected chi connectivity index (χ4v) is 5.40. The van der Waals surface area contributed by atoms with E-state index >= 15 is 0 Å². The van der Waals surface area contributed by atoms with Crippen molar-refractivity contribution >= 4 is 50.2 Å². The Morgan fingerprint density at radius 2 is 2.12 bits per heavy atom. The molecule has 2 atom stereocenters. The van der Waals surface area contributed by atoms with E-state index in [0.29, 0.717) is 40.7 Å². The van der Waals surface area contributed by atoms with Gasteiger partial charge < -0.3 is 19.5 Å². The number of nitrogens with one attached hydrogen (secondary N) is 2. The molecule has 33 heavy (non-hydrogen) atoms. The molecule has 4 aromatic rings. The fraction of sp³-hybridized carbons (Fsp3) is 0.375. The van der Waals surface area contributed by atoms with Gasteiger partial charge in [-0.1, -0.05) is 12.1 Å². The Kier molecular flexibility index (Phi) is 6.81. The maximum absolute atomic E-state index is 12.8. The minimum Gasteiger partial charge on any atom is -0.490 e. The molecule has 0 aliphatic heterocycles. The number of aromatic nitrogens is 2. The van der Waals surface area contributed by atoms with Gasteiger partial charge in [0.15, 0.2) is 11.3 Å². The molecule has 2 unspecified atom stereocenters. The zero-order valence-electron chi connectivity index (χ0n) is 19.3. The molecule has 0 aliphatic carbocycles. The van der Waals surface area contributed by atoms with E-state index in [2.05, 4.69) is 15.3 Å². The average Bonchev–Trinajstić information content (AvgIpc) is 3.34. The van der Waals surface area contributed by atoms with Gasteiger partial charge in [-0.3, -0.25) is 9.59 Å². The highest BCUT2D eigenvalue weighted by Crippen LogP contribution is 2.31. The molecule has 4 rings (SSSR count). The lowest BCUT2D eigenvalue weighted by Gasteiger charge is -2.15. The predicted octanol–water partition coefficient (Wildman–Crippen LogP) is 5.25. The zero-order valence-corrected chi connectivity index (χ0v) is 20.9. The number of thiophene rings is 1. The van der Waals surface area contributed by atoms with Crippen molar-refractivity contribution in [3.05, 3.63) is 56.6 Å². The van der Waals surface area contributed by atoms with E-state index in [0.717, 1.165) is 20.7 Å². The van der Waals surface area contributed by atoms with Crippen LogP contribution in [-0.2, 0) is 10.5 Å². The Morgan fingerprint density at radius 3 is 2.88 bits per heavy atom. The van der Waals surface area contributed by atoms with Gasteiger partial charge in [-0.2, -0.15) is 0 Å². The van der Waals surface area contributed by atoms with E-state index in [4.69, 9.17) is 9.15 Å². The topological polar surface area (TPSA) is 97.2 Å². The van der Waals surface area contributed by atoms with E-state index in [1.54, 1.807) is 0 Å². The molecule has 0 radical (unpaired) electrons. The molecule has 0 aliphatic rings. The molecule has 1 amide bonds. The molecular formula is C24H27N3O4S2. The van der Waals surface area contributed by atoms with Crippen LogP contribution in [0.15, 0.2) is 33.5 Å². The number of nitrogens with zero attached hydrogens (tertiary/aromatic N) is 1. The summed E-state index contributed by atoms with van der Waals surface area (Å²) < 4.78 is 11.6. The third-order valence-corrected chi connectivity index (χ3v) is 7.80. The van der Waals surface area contributed by atoms with Gasteiger partial charge in [0.2, 0.25) is 5.91 Å². The van der Waals surface area contributed by atoms with Crippen LogP contribution in [0, 0.1) is 13.8 Å². The molecule has 0 spiro atoms. The Balaban J connectivity index is 1.40. The van der Waals surface area contributed by atoms with Crippen LogP contribution in [0.5, 0.6) is 5.75 Å². The summed E-state index contributed by atoms with van der Waals surface area (Å²) >= 11 is 2.95. The van der Waals surface area contributed by atoms with Crippen molar-refractivity contribution in [1.29, 1.82) is 0 Å². The highest BCUT2D eigenvalue weighted by molar-refractivity contribution is 7.99. The van der Waals surface area contributed by atoms with Gasteiger partial charge in [0.05, 0.1) is 29.0 Å². The molecule has 9 heteroatoms. The van der Waals surface area contributed by atoms with Gasteiger partial charge in [-0.05, 0) is 52.3 Å². The summed E-state index contributed by atoms with van der Waals surface area (Å²) in [7, 11) is 0. The predicted molar refractivity (Wildman–Crippen MR) is 134 cm³/mol. The number of hydrogen-bond donors (Lipinski definition) is 2. The van der Waals surface area contributed by atoms with Crippen LogP contribution in [0.1, 0.15) is 48.8 Å². The second kappa shape index (κ2) is 9.61. The smallest absolute Gasteiger partial charge is 0.259 e. The summed E-state index contributed by atoms with van der Waals surface area (Å²) in [5.74, 6) is 2.27. The fourth-order valence-electron chi connectivity index (χ4n) is 3.59. The van der Waals surface area contributed by atoms with Crippen molar-refractivity contribution in [1.82, 2.24) is 15.3 Å². The minimum absolute atomic E-state index is 0.107. The van der Waals surface area contributed by atoms with E-state index in [-0.39, 0.29) is 22.8 Å². The molecule has 0 bridgehead atoms. The molecule has 2 N–H and O–H groups in total. The van der Waals surface area contributed by atoms with Crippen molar-refractivity contribution in [2.24, 2.45) is 0 Å². The second-order valence-electron chi connectivity index (χ2n) is 7.92. The van der Waals surface area contributed by atoms with Crippen LogP contribution < -0.4 is 15.6 Å². The summed E-state index contributed by atoms with van der Waals surface area (Å²) in [6, 6.07) is 7.38. The number of benzene rings is 1. The lowest BCUT2D eigenvalue weighted by atomic mass is 10.2. The zero-order chi connectivity index (χ0) is 23.7. The van der Waals surface area contributed by atoms with E-state index in [1.807, 2.05) is 58.9 Å². The molecule has 3 heterocycles. The normalized spacial score (nSPS) is 13.4. The van der Waals surface area contributed by atoms with Crippen LogP contribution in [0.2, 0.25) is 0 Å². The van der Waals surface area contributed by atoms with E-state index in [9.17, 15) is 9.59 Å². The van der Waals surface area contributed by atoms with Crippen LogP contribution in [0.3, 0.4) is 0 Å². The first-order valence-electron chi connectivity index (χ1n) is 10.8. The Hall–Kier alpha value is -2.78. The quantitative estimate of drug-likeness (QED) is 0.354. The molecular weight excluding hydrogens is 458 g/mol. The number of hydrogen-bond acceptors (Lipinski definition) is 7. The summed E-state index contributed by atoms with van der Waals surface area (Å²) in [6.07, 6.45) is 0. The standard InChI is InChI=1S/C24H27N3O4S2/c1-6-30-17-9-7-8-16-10-18(31-21(16)17)13(3)25-22(28)15(5)32-11-19-26-23(29)20-12(2)14(4)33-24(20)27-19/h7-10,13,15H,6,11H2,1-5H3,(H,25,28)(H,26,27,29). The first-order chi connectivity index (χ1) is 15.8. The third-order valence-electron chi connectivity index (χ3n) is 5.54. The van der Waals surface area contributed by atoms with Crippen molar-refractivity contribution < 1.29 is 13.9 Å². The summed E-state index contributed by atoms with van der Waals surface area (Å²) in [5, 5.41) is 4.27. The molecule has 0 saturated carbocycles. The Bertz CT molecular complexity index is 1370. The highest BCUT2D eigenvalue weighted by Gasteiger charge is 2.21. The number of H-pyrrole nitrogens is 1. The van der Waals surface area contributed by atoms with Crippen molar-refractivity contribution in [2.75, 3.05) is 6.61 Å². The number of aromatic amines is 1. The van der Waals surface area contributed by atoms with Gasteiger partial charge in [-0.25, -0.2) is 4.98 Å². The summed E-state index contributed by atoms with van der Waals surface area (Å²) in [4.78, 5) is 34.5. The van der Waals surface area contributed by atoms with Crippen LogP contribution in [0.25, 0.3) is 21.2 Å². The summed E-state index contributed by atoms with van der Waals surface area (Å²) in [5.41, 5.74) is 1.53. The molecule has 1 aromatic carbocycles. The lowest BCUT2D eigenvalue weighted by molar-refractivity contribution is -0.121. The van der Waals surface area contributed by atoms with E-state index < -0.39 is 0 Å². The number of thioether (sulfide) groups is 1. The Labute approximate surface area is 199 Å². The Morgan fingerprint density at radius 1 is 1.33 bits per heavy atom. The average molecular weight is 486 g/mol. The van der Waals surface area contributed by atoms with Crippen molar-refractivity contribution in [3.8, 4) is 5.75 Å². The van der Waals surface area contributed by atoms with Crippen LogP contribution in [0.4, 0.5) is 0 Å². The number of carbonyl (C=O) groups excluding carboxylic acids is 1. The van der Waals surface area contributed by atoms with E-state index in [1.165, 1.54) is 23.1 Å². The monoisotopic (exact) mass is 485 g/mol. The molecule has 7 nitrogen and oxygen atoms in total. The number of amides is 1. The molecule has 0 saturated heterocycles. The maximum Gasteiger partial charge on any atom is 0.259 e. The van der Waals surface area contributed by atoms with Gasteiger partial charge >= 0.3 is 0 Å². The van der Waals surface area contributed by atoms with Crippen molar-refractivity contribution in [3.63, 3.8) is 0 Å². The van der Waals surface area contributed by atoms with Gasteiger partial charge in [0, 0.05) is 10.3 Å². The summed E-state index contributed by atoms with van der Waals surface area (Å²) in [6.45, 7) is 10.1. The van der Waals surface area contributed by atoms with Gasteiger partial charge in [0.1, 0.15) is 16.4 Å². The SMILES string of the molecule is CCOc1cccc2cc(C(C)NC(=O)C(C)SCc3nc4sc(C)c(C)c4c(=O)[nH]3)oc12. The minimum atomic E-state index is -0.330. The number of aryl methyl sites for hydroxylation is 2. The van der Waals surface area contributed by atoms with Crippen LogP contribution in [-0.4, -0.2) is 27.7 Å². The molecule has 0 fully saturated rings. The molecule has 3 aromatic heterocycles.